The topological polar surface area (TPSA) is 73.5 Å². The second-order valence-electron chi connectivity index (χ2n) is 11.6. The van der Waals surface area contributed by atoms with Gasteiger partial charge in [-0.15, -0.1) is 0 Å². The number of benzene rings is 3. The van der Waals surface area contributed by atoms with E-state index < -0.39 is 5.82 Å². The Morgan fingerprint density at radius 3 is 2.71 bits per heavy atom. The largest absolute Gasteiger partial charge is 0.508 e. The van der Waals surface area contributed by atoms with Crippen molar-refractivity contribution >= 4 is 44.8 Å². The SMILES string of the molecule is CC1=[N+](CCOc2nc(N3CC4CCC(C3)N4)c3cc(Cl)c(-c4cc(O)cc5ccccc45)c(F)c3n2)CCCC1. The number of anilines is 1. The lowest BCUT2D eigenvalue weighted by atomic mass is 9.96. The van der Waals surface area contributed by atoms with Crippen LogP contribution in [-0.4, -0.2) is 70.2 Å². The molecule has 2 fully saturated rings. The summed E-state index contributed by atoms with van der Waals surface area (Å²) in [5.74, 6) is 0.148. The Morgan fingerprint density at radius 1 is 1.10 bits per heavy atom. The maximum Gasteiger partial charge on any atom is 0.319 e. The molecule has 2 unspecified atom stereocenters. The van der Waals surface area contributed by atoms with Gasteiger partial charge in [-0.3, -0.25) is 0 Å². The molecule has 0 saturated carbocycles. The van der Waals surface area contributed by atoms with Crippen molar-refractivity contribution < 1.29 is 18.8 Å². The van der Waals surface area contributed by atoms with E-state index in [1.165, 1.54) is 18.6 Å². The number of nitrogens with zero attached hydrogens (tertiary/aromatic N) is 4. The molecule has 0 spiro atoms. The third-order valence-corrected chi connectivity index (χ3v) is 9.12. The van der Waals surface area contributed by atoms with E-state index in [4.69, 9.17) is 21.3 Å². The van der Waals surface area contributed by atoms with Crippen LogP contribution in [0.2, 0.25) is 5.02 Å². The van der Waals surface area contributed by atoms with Crippen LogP contribution in [0, 0.1) is 5.82 Å². The van der Waals surface area contributed by atoms with Gasteiger partial charge in [0.2, 0.25) is 0 Å². The molecule has 3 aromatic carbocycles. The molecule has 9 heteroatoms. The second kappa shape index (κ2) is 10.7. The highest BCUT2D eigenvalue weighted by Crippen LogP contribution is 2.42. The van der Waals surface area contributed by atoms with Crippen LogP contribution < -0.4 is 15.0 Å². The van der Waals surface area contributed by atoms with E-state index in [0.717, 1.165) is 56.2 Å². The zero-order chi connectivity index (χ0) is 28.1. The number of ether oxygens (including phenoxy) is 1. The minimum absolute atomic E-state index is 0.0442. The first-order valence-electron chi connectivity index (χ1n) is 14.6. The zero-order valence-electron chi connectivity index (χ0n) is 23.2. The maximum absolute atomic E-state index is 16.7. The monoisotopic (exact) mass is 574 g/mol. The van der Waals surface area contributed by atoms with Crippen molar-refractivity contribution in [3.63, 3.8) is 0 Å². The molecule has 2 bridgehead atoms. The van der Waals surface area contributed by atoms with Gasteiger partial charge in [0.15, 0.2) is 12.4 Å². The number of aromatic hydroxyl groups is 1. The standard InChI is InChI=1S/C32H33ClFN5O2/c1-19-6-4-5-11-38(19)12-13-41-32-36-30-26(31(37-32)39-17-21-9-10-22(18-39)35-21)16-27(33)28(29(30)34)25-15-23(40)14-20-7-2-3-8-24(20)25/h2-3,7-8,14-16,21-22,35H,4-6,9-13,17-18H2,1H3/p+1. The summed E-state index contributed by atoms with van der Waals surface area (Å²) in [5, 5.41) is 16.5. The lowest BCUT2D eigenvalue weighted by Gasteiger charge is -2.34. The van der Waals surface area contributed by atoms with Gasteiger partial charge in [0, 0.05) is 55.9 Å². The number of hydrogen-bond donors (Lipinski definition) is 2. The van der Waals surface area contributed by atoms with Crippen molar-refractivity contribution in [3.8, 4) is 22.9 Å². The van der Waals surface area contributed by atoms with Gasteiger partial charge >= 0.3 is 6.01 Å². The summed E-state index contributed by atoms with van der Waals surface area (Å²) in [6, 6.07) is 13.5. The van der Waals surface area contributed by atoms with E-state index in [-0.39, 0.29) is 27.9 Å². The molecule has 0 aliphatic carbocycles. The van der Waals surface area contributed by atoms with Crippen molar-refractivity contribution in [2.75, 3.05) is 37.7 Å². The molecule has 0 amide bonds. The molecule has 4 heterocycles. The summed E-state index contributed by atoms with van der Waals surface area (Å²) in [6.45, 7) is 5.91. The molecule has 3 aliphatic heterocycles. The van der Waals surface area contributed by atoms with Crippen LogP contribution in [0.1, 0.15) is 39.0 Å². The van der Waals surface area contributed by atoms with Crippen LogP contribution in [-0.2, 0) is 0 Å². The quantitative estimate of drug-likeness (QED) is 0.278. The summed E-state index contributed by atoms with van der Waals surface area (Å²) in [4.78, 5) is 11.7. The summed E-state index contributed by atoms with van der Waals surface area (Å²) >= 11 is 6.85. The Bertz CT molecular complexity index is 1680. The average molecular weight is 575 g/mol. The Hall–Kier alpha value is -3.49. The van der Waals surface area contributed by atoms with Gasteiger partial charge in [-0.2, -0.15) is 9.97 Å². The zero-order valence-corrected chi connectivity index (χ0v) is 23.9. The summed E-state index contributed by atoms with van der Waals surface area (Å²) in [7, 11) is 0. The predicted octanol–water partition coefficient (Wildman–Crippen LogP) is 5.92. The summed E-state index contributed by atoms with van der Waals surface area (Å²) in [5.41, 5.74) is 2.27. The highest BCUT2D eigenvalue weighted by molar-refractivity contribution is 6.35. The van der Waals surface area contributed by atoms with Gasteiger partial charge in [-0.05, 0) is 53.8 Å². The lowest BCUT2D eigenvalue weighted by Crippen LogP contribution is -2.51. The molecule has 0 radical (unpaired) electrons. The molecule has 7 rings (SSSR count). The summed E-state index contributed by atoms with van der Waals surface area (Å²) in [6.07, 6.45) is 5.75. The number of hydrogen-bond acceptors (Lipinski definition) is 6. The number of aromatic nitrogens is 2. The maximum atomic E-state index is 16.7. The minimum Gasteiger partial charge on any atom is -0.508 e. The number of phenols is 1. The first-order valence-corrected chi connectivity index (χ1v) is 15.0. The minimum atomic E-state index is -0.546. The van der Waals surface area contributed by atoms with Gasteiger partial charge in [0.25, 0.3) is 0 Å². The van der Waals surface area contributed by atoms with Crippen molar-refractivity contribution in [2.45, 2.75) is 51.1 Å². The Morgan fingerprint density at radius 2 is 1.90 bits per heavy atom. The van der Waals surface area contributed by atoms with Crippen LogP contribution in [0.3, 0.4) is 0 Å². The Balaban J connectivity index is 1.34. The number of fused-ring (bicyclic) bond motifs is 4. The van der Waals surface area contributed by atoms with Crippen LogP contribution in [0.25, 0.3) is 32.8 Å². The van der Waals surface area contributed by atoms with Crippen LogP contribution in [0.5, 0.6) is 11.8 Å². The van der Waals surface area contributed by atoms with Crippen LogP contribution in [0.15, 0.2) is 42.5 Å². The first kappa shape index (κ1) is 26.4. The van der Waals surface area contributed by atoms with Crippen molar-refractivity contribution in [1.82, 2.24) is 15.3 Å². The second-order valence-corrected chi connectivity index (χ2v) is 12.0. The highest BCUT2D eigenvalue weighted by atomic mass is 35.5. The normalized spacial score (nSPS) is 20.8. The first-order chi connectivity index (χ1) is 19.9. The van der Waals surface area contributed by atoms with Crippen LogP contribution >= 0.6 is 11.6 Å². The molecule has 2 saturated heterocycles. The fraction of sp³-hybridized carbons (Fsp3) is 0.406. The summed E-state index contributed by atoms with van der Waals surface area (Å²) < 4.78 is 25.2. The smallest absolute Gasteiger partial charge is 0.319 e. The number of halogens is 2. The Kier molecular flexibility index (Phi) is 6.91. The van der Waals surface area contributed by atoms with E-state index in [0.29, 0.717) is 35.5 Å². The van der Waals surface area contributed by atoms with Crippen LogP contribution in [0.4, 0.5) is 10.2 Å². The number of piperazine rings is 1. The molecule has 2 atom stereocenters. The van der Waals surface area contributed by atoms with Gasteiger partial charge in [-0.25, -0.2) is 8.97 Å². The molecule has 212 valence electrons. The van der Waals surface area contributed by atoms with Gasteiger partial charge < -0.3 is 20.1 Å². The highest BCUT2D eigenvalue weighted by Gasteiger charge is 2.34. The average Bonchev–Trinajstić information content (AvgIpc) is 3.31. The predicted molar refractivity (Wildman–Crippen MR) is 161 cm³/mol. The molecule has 2 N–H and O–H groups in total. The van der Waals surface area contributed by atoms with E-state index in [1.54, 1.807) is 18.2 Å². The number of phenolic OH excluding ortho intramolecular Hbond substituents is 1. The van der Waals surface area contributed by atoms with Crippen molar-refractivity contribution in [1.29, 1.82) is 0 Å². The van der Waals surface area contributed by atoms with Gasteiger partial charge in [0.1, 0.15) is 35.9 Å². The van der Waals surface area contributed by atoms with Gasteiger partial charge in [0.05, 0.1) is 5.02 Å². The van der Waals surface area contributed by atoms with E-state index in [2.05, 4.69) is 26.7 Å². The van der Waals surface area contributed by atoms with E-state index in [9.17, 15) is 5.11 Å². The van der Waals surface area contributed by atoms with Gasteiger partial charge in [-0.1, -0.05) is 35.9 Å². The van der Waals surface area contributed by atoms with Crippen molar-refractivity contribution in [3.05, 3.63) is 53.3 Å². The van der Waals surface area contributed by atoms with Crippen molar-refractivity contribution in [2.24, 2.45) is 0 Å². The number of nitrogens with one attached hydrogen (secondary N) is 1. The third-order valence-electron chi connectivity index (χ3n) is 8.82. The third kappa shape index (κ3) is 4.97. The molecular formula is C32H34ClFN5O2+. The molecule has 4 aromatic rings. The van der Waals surface area contributed by atoms with E-state index >= 15 is 4.39 Å². The fourth-order valence-corrected chi connectivity index (χ4v) is 7.06. The molecule has 3 aliphatic rings. The molecule has 1 aromatic heterocycles. The Labute approximate surface area is 243 Å². The lowest BCUT2D eigenvalue weighted by molar-refractivity contribution is -0.535. The molecular weight excluding hydrogens is 541 g/mol. The molecule has 41 heavy (non-hydrogen) atoms. The molecule has 7 nitrogen and oxygen atoms in total. The fourth-order valence-electron chi connectivity index (χ4n) is 6.77. The van der Waals surface area contributed by atoms with E-state index in [1.807, 2.05) is 24.3 Å². The number of rotatable bonds is 6.